The highest BCUT2D eigenvalue weighted by atomic mass is 16.3. The second kappa shape index (κ2) is 4.52. The summed E-state index contributed by atoms with van der Waals surface area (Å²) in [5, 5.41) is 10.9. The number of aromatic nitrogens is 3. The molecule has 1 unspecified atom stereocenters. The molecule has 23 heavy (non-hydrogen) atoms. The van der Waals surface area contributed by atoms with E-state index in [1.807, 2.05) is 25.6 Å². The molecule has 1 aliphatic heterocycles. The molecule has 1 aromatic carbocycles. The fraction of sp³-hybridized carbons (Fsp3) is 0.263. The minimum Gasteiger partial charge on any atom is -0.388 e. The molecule has 114 valence electrons. The molecule has 2 aliphatic rings. The smallest absolute Gasteiger partial charge is 0.0956 e. The molecule has 3 heterocycles. The van der Waals surface area contributed by atoms with Crippen LogP contribution < -0.4 is 0 Å². The van der Waals surface area contributed by atoms with Crippen LogP contribution in [0.1, 0.15) is 34.5 Å². The van der Waals surface area contributed by atoms with Gasteiger partial charge in [0.1, 0.15) is 0 Å². The van der Waals surface area contributed by atoms with Gasteiger partial charge in [-0.2, -0.15) is 0 Å². The SMILES string of the molecule is Cc1cc2c(cn1)[C@H](O)[C@@H](C1c3ccccc3-c3cncn31)C2. The van der Waals surface area contributed by atoms with Gasteiger partial charge in [0.2, 0.25) is 0 Å². The Balaban J connectivity index is 1.64. The topological polar surface area (TPSA) is 50.9 Å². The number of hydrogen-bond donors (Lipinski definition) is 1. The molecule has 1 aliphatic carbocycles. The first-order valence-corrected chi connectivity index (χ1v) is 7.98. The van der Waals surface area contributed by atoms with E-state index in [4.69, 9.17) is 0 Å². The maximum Gasteiger partial charge on any atom is 0.0956 e. The third-order valence-corrected chi connectivity index (χ3v) is 5.27. The number of aliphatic hydroxyl groups is 1. The van der Waals surface area contributed by atoms with Crippen LogP contribution in [-0.4, -0.2) is 19.6 Å². The van der Waals surface area contributed by atoms with Crippen molar-refractivity contribution in [1.82, 2.24) is 14.5 Å². The fourth-order valence-electron chi connectivity index (χ4n) is 4.26. The van der Waals surface area contributed by atoms with Gasteiger partial charge in [0.25, 0.3) is 0 Å². The van der Waals surface area contributed by atoms with Crippen LogP contribution >= 0.6 is 0 Å². The van der Waals surface area contributed by atoms with Gasteiger partial charge in [-0.1, -0.05) is 24.3 Å². The van der Waals surface area contributed by atoms with Gasteiger partial charge in [-0.3, -0.25) is 4.98 Å². The van der Waals surface area contributed by atoms with Crippen LogP contribution in [0.15, 0.2) is 49.1 Å². The summed E-state index contributed by atoms with van der Waals surface area (Å²) in [5.41, 5.74) is 6.86. The number of aryl methyl sites for hydroxylation is 1. The van der Waals surface area contributed by atoms with E-state index < -0.39 is 6.10 Å². The van der Waals surface area contributed by atoms with Gasteiger partial charge in [0.05, 0.1) is 30.4 Å². The molecule has 0 fully saturated rings. The Kier molecular flexibility index (Phi) is 2.56. The minimum absolute atomic E-state index is 0.116. The van der Waals surface area contributed by atoms with Crippen LogP contribution in [0, 0.1) is 12.8 Å². The number of benzene rings is 1. The Hall–Kier alpha value is -2.46. The van der Waals surface area contributed by atoms with Gasteiger partial charge >= 0.3 is 0 Å². The summed E-state index contributed by atoms with van der Waals surface area (Å²) >= 11 is 0. The molecule has 3 atom stereocenters. The maximum atomic E-state index is 10.9. The van der Waals surface area contributed by atoms with Crippen molar-refractivity contribution >= 4 is 0 Å². The van der Waals surface area contributed by atoms with Gasteiger partial charge in [-0.15, -0.1) is 0 Å². The van der Waals surface area contributed by atoms with Crippen molar-refractivity contribution in [2.24, 2.45) is 5.92 Å². The normalized spacial score (nSPS) is 24.3. The molecule has 4 nitrogen and oxygen atoms in total. The van der Waals surface area contributed by atoms with Crippen LogP contribution in [0.4, 0.5) is 0 Å². The average Bonchev–Trinajstić information content (AvgIpc) is 3.21. The second-order valence-corrected chi connectivity index (χ2v) is 6.56. The summed E-state index contributed by atoms with van der Waals surface area (Å²) in [6.45, 7) is 2.00. The van der Waals surface area contributed by atoms with Crippen LogP contribution in [0.3, 0.4) is 0 Å². The zero-order valence-corrected chi connectivity index (χ0v) is 12.8. The van der Waals surface area contributed by atoms with Gasteiger partial charge in [-0.05, 0) is 30.5 Å². The number of aliphatic hydroxyl groups excluding tert-OH is 1. The molecule has 3 aromatic rings. The van der Waals surface area contributed by atoms with E-state index in [2.05, 4.69) is 44.9 Å². The van der Waals surface area contributed by atoms with Crippen molar-refractivity contribution in [3.63, 3.8) is 0 Å². The zero-order chi connectivity index (χ0) is 15.6. The number of rotatable bonds is 1. The average molecular weight is 303 g/mol. The first kappa shape index (κ1) is 13.0. The van der Waals surface area contributed by atoms with E-state index in [1.165, 1.54) is 16.7 Å². The minimum atomic E-state index is -0.482. The lowest BCUT2D eigenvalue weighted by molar-refractivity contribution is 0.101. The molecule has 0 saturated heterocycles. The summed E-state index contributed by atoms with van der Waals surface area (Å²) in [4.78, 5) is 8.68. The highest BCUT2D eigenvalue weighted by Gasteiger charge is 2.42. The molecule has 0 amide bonds. The van der Waals surface area contributed by atoms with Crippen molar-refractivity contribution in [2.75, 3.05) is 0 Å². The Morgan fingerprint density at radius 1 is 1.17 bits per heavy atom. The molecular weight excluding hydrogens is 286 g/mol. The van der Waals surface area contributed by atoms with Crippen LogP contribution in [0.25, 0.3) is 11.3 Å². The lowest BCUT2D eigenvalue weighted by Crippen LogP contribution is -2.21. The van der Waals surface area contributed by atoms with E-state index in [9.17, 15) is 5.11 Å². The third kappa shape index (κ3) is 1.70. The molecule has 0 radical (unpaired) electrons. The lowest BCUT2D eigenvalue weighted by Gasteiger charge is -2.25. The summed E-state index contributed by atoms with van der Waals surface area (Å²) < 4.78 is 2.21. The number of pyridine rings is 1. The van der Waals surface area contributed by atoms with Crippen molar-refractivity contribution in [2.45, 2.75) is 25.5 Å². The summed E-state index contributed by atoms with van der Waals surface area (Å²) in [6, 6.07) is 10.7. The number of hydrogen-bond acceptors (Lipinski definition) is 3. The second-order valence-electron chi connectivity index (χ2n) is 6.56. The maximum absolute atomic E-state index is 10.9. The van der Waals surface area contributed by atoms with Crippen LogP contribution in [-0.2, 0) is 6.42 Å². The van der Waals surface area contributed by atoms with Gasteiger partial charge in [-0.25, -0.2) is 4.98 Å². The quantitative estimate of drug-likeness (QED) is 0.751. The van der Waals surface area contributed by atoms with Crippen LogP contribution in [0.5, 0.6) is 0 Å². The first-order chi connectivity index (χ1) is 11.2. The third-order valence-electron chi connectivity index (χ3n) is 5.27. The summed E-state index contributed by atoms with van der Waals surface area (Å²) in [7, 11) is 0. The highest BCUT2D eigenvalue weighted by Crippen LogP contribution is 2.50. The van der Waals surface area contributed by atoms with E-state index in [1.54, 1.807) is 0 Å². The molecule has 4 heteroatoms. The van der Waals surface area contributed by atoms with Crippen molar-refractivity contribution in [3.05, 3.63) is 71.4 Å². The predicted octanol–water partition coefficient (Wildman–Crippen LogP) is 3.06. The van der Waals surface area contributed by atoms with Gasteiger partial charge < -0.3 is 9.67 Å². The molecule has 0 bridgehead atoms. The van der Waals surface area contributed by atoms with E-state index in [0.717, 1.165) is 23.4 Å². The van der Waals surface area contributed by atoms with Crippen molar-refractivity contribution < 1.29 is 5.11 Å². The summed E-state index contributed by atoms with van der Waals surface area (Å²) in [5.74, 6) is 0.116. The fourth-order valence-corrected chi connectivity index (χ4v) is 4.26. The molecule has 5 rings (SSSR count). The number of fused-ring (bicyclic) bond motifs is 4. The summed E-state index contributed by atoms with van der Waals surface area (Å²) in [6.07, 6.45) is 6.03. The Morgan fingerprint density at radius 3 is 2.96 bits per heavy atom. The van der Waals surface area contributed by atoms with E-state index >= 15 is 0 Å². The largest absolute Gasteiger partial charge is 0.388 e. The molecule has 0 saturated carbocycles. The molecule has 2 aromatic heterocycles. The Labute approximate surface area is 134 Å². The first-order valence-electron chi connectivity index (χ1n) is 7.98. The number of nitrogens with zero attached hydrogens (tertiary/aromatic N) is 3. The predicted molar refractivity (Wildman–Crippen MR) is 86.9 cm³/mol. The van der Waals surface area contributed by atoms with Gasteiger partial charge in [0.15, 0.2) is 0 Å². The van der Waals surface area contributed by atoms with E-state index in [0.29, 0.717) is 0 Å². The van der Waals surface area contributed by atoms with Crippen molar-refractivity contribution in [1.29, 1.82) is 0 Å². The zero-order valence-electron chi connectivity index (χ0n) is 12.8. The highest BCUT2D eigenvalue weighted by molar-refractivity contribution is 5.69. The van der Waals surface area contributed by atoms with Crippen molar-refractivity contribution in [3.8, 4) is 11.3 Å². The number of imidazole rings is 1. The molecular formula is C19H17N3O. The van der Waals surface area contributed by atoms with Gasteiger partial charge in [0, 0.05) is 28.9 Å². The van der Waals surface area contributed by atoms with E-state index in [-0.39, 0.29) is 12.0 Å². The lowest BCUT2D eigenvalue weighted by atomic mass is 9.88. The van der Waals surface area contributed by atoms with Crippen LogP contribution in [0.2, 0.25) is 0 Å². The monoisotopic (exact) mass is 303 g/mol. The molecule has 0 spiro atoms. The molecule has 1 N–H and O–H groups in total. The standard InChI is InChI=1S/C19H17N3O/c1-11-6-12-7-15(19(23)16(12)8-21-11)18-14-5-3-2-4-13(14)17-9-20-10-22(17)18/h2-6,8-10,15,18-19,23H,7H2,1H3/t15-,18?,19-/m1/s1. The Bertz CT molecular complexity index is 914. The Morgan fingerprint density at radius 2 is 2.04 bits per heavy atom.